The molecule has 0 aliphatic heterocycles. The monoisotopic (exact) mass is 252 g/mol. The number of ether oxygens (including phenoxy) is 1. The summed E-state index contributed by atoms with van der Waals surface area (Å²) >= 11 is 0. The average molecular weight is 253 g/mol. The SMILES string of the molecule is O=S(=O)(Cl)CC(COCC1CC1)C1CC1. The molecule has 2 saturated carbocycles. The molecule has 2 aliphatic carbocycles. The molecule has 88 valence electrons. The molecule has 0 amide bonds. The number of hydrogen-bond acceptors (Lipinski definition) is 3. The Hall–Kier alpha value is 0.200. The third-order valence-electron chi connectivity index (χ3n) is 3.08. The molecule has 1 unspecified atom stereocenters. The Labute approximate surface area is 95.6 Å². The lowest BCUT2D eigenvalue weighted by Gasteiger charge is -2.14. The van der Waals surface area contributed by atoms with Crippen LogP contribution >= 0.6 is 10.7 Å². The second-order valence-electron chi connectivity index (χ2n) is 4.78. The van der Waals surface area contributed by atoms with Gasteiger partial charge >= 0.3 is 0 Å². The maximum Gasteiger partial charge on any atom is 0.232 e. The normalized spacial score (nSPS) is 24.1. The number of rotatable bonds is 7. The minimum absolute atomic E-state index is 0.0733. The molecule has 2 rings (SSSR count). The zero-order chi connectivity index (χ0) is 10.9. The van der Waals surface area contributed by atoms with Crippen LogP contribution in [-0.4, -0.2) is 27.4 Å². The van der Waals surface area contributed by atoms with E-state index < -0.39 is 9.05 Å². The first-order valence-electron chi connectivity index (χ1n) is 5.54. The highest BCUT2D eigenvalue weighted by molar-refractivity contribution is 8.13. The van der Waals surface area contributed by atoms with Crippen LogP contribution in [0.15, 0.2) is 0 Å². The highest BCUT2D eigenvalue weighted by atomic mass is 35.7. The summed E-state index contributed by atoms with van der Waals surface area (Å²) < 4.78 is 27.5. The summed E-state index contributed by atoms with van der Waals surface area (Å²) in [6.45, 7) is 1.36. The van der Waals surface area contributed by atoms with E-state index in [1.807, 2.05) is 0 Å². The molecule has 0 N–H and O–H groups in total. The van der Waals surface area contributed by atoms with E-state index in [2.05, 4.69) is 0 Å². The van der Waals surface area contributed by atoms with Gasteiger partial charge in [-0.2, -0.15) is 0 Å². The Kier molecular flexibility index (Phi) is 3.58. The molecule has 1 atom stereocenters. The quantitative estimate of drug-likeness (QED) is 0.651. The molecule has 0 radical (unpaired) electrons. The Balaban J connectivity index is 1.72. The number of halogens is 1. The second kappa shape index (κ2) is 4.60. The van der Waals surface area contributed by atoms with Crippen molar-refractivity contribution in [1.82, 2.24) is 0 Å². The maximum absolute atomic E-state index is 11.0. The lowest BCUT2D eigenvalue weighted by atomic mass is 10.1. The minimum atomic E-state index is -3.37. The van der Waals surface area contributed by atoms with Gasteiger partial charge in [-0.15, -0.1) is 0 Å². The predicted molar refractivity (Wildman–Crippen MR) is 59.4 cm³/mol. The summed E-state index contributed by atoms with van der Waals surface area (Å²) in [5.41, 5.74) is 0. The van der Waals surface area contributed by atoms with E-state index in [1.54, 1.807) is 0 Å². The summed E-state index contributed by atoms with van der Waals surface area (Å²) in [6, 6.07) is 0. The molecule has 0 spiro atoms. The zero-order valence-electron chi connectivity index (χ0n) is 8.69. The molecular formula is C10H17ClO3S. The van der Waals surface area contributed by atoms with Gasteiger partial charge in [0.2, 0.25) is 9.05 Å². The summed E-state index contributed by atoms with van der Waals surface area (Å²) in [4.78, 5) is 0. The molecule has 2 aliphatic rings. The fourth-order valence-corrected chi connectivity index (χ4v) is 3.18. The molecule has 0 aromatic carbocycles. The van der Waals surface area contributed by atoms with E-state index in [0.29, 0.717) is 12.5 Å². The second-order valence-corrected chi connectivity index (χ2v) is 7.61. The van der Waals surface area contributed by atoms with Crippen molar-refractivity contribution in [3.05, 3.63) is 0 Å². The van der Waals surface area contributed by atoms with E-state index >= 15 is 0 Å². The molecule has 2 fully saturated rings. The fourth-order valence-electron chi connectivity index (χ4n) is 1.81. The molecule has 0 aromatic rings. The van der Waals surface area contributed by atoms with Crippen molar-refractivity contribution in [2.24, 2.45) is 17.8 Å². The van der Waals surface area contributed by atoms with Gasteiger partial charge < -0.3 is 4.74 Å². The van der Waals surface area contributed by atoms with Gasteiger partial charge in [-0.1, -0.05) is 0 Å². The molecule has 0 bridgehead atoms. The highest BCUT2D eigenvalue weighted by Crippen LogP contribution is 2.38. The van der Waals surface area contributed by atoms with Crippen LogP contribution in [0, 0.1) is 17.8 Å². The first-order valence-corrected chi connectivity index (χ1v) is 8.02. The van der Waals surface area contributed by atoms with Gasteiger partial charge in [0.05, 0.1) is 12.4 Å². The predicted octanol–water partition coefficient (Wildman–Crippen LogP) is 2.01. The van der Waals surface area contributed by atoms with Crippen molar-refractivity contribution < 1.29 is 13.2 Å². The Morgan fingerprint density at radius 1 is 1.27 bits per heavy atom. The van der Waals surface area contributed by atoms with E-state index in [-0.39, 0.29) is 11.7 Å². The van der Waals surface area contributed by atoms with Crippen LogP contribution in [0.5, 0.6) is 0 Å². The first-order chi connectivity index (χ1) is 7.04. The smallest absolute Gasteiger partial charge is 0.232 e. The van der Waals surface area contributed by atoms with Gasteiger partial charge in [0.25, 0.3) is 0 Å². The molecule has 3 nitrogen and oxygen atoms in total. The molecule has 0 saturated heterocycles. The van der Waals surface area contributed by atoms with Gasteiger partial charge in [0.15, 0.2) is 0 Å². The summed E-state index contributed by atoms with van der Waals surface area (Å²) in [5, 5.41) is 0. The molecular weight excluding hydrogens is 236 g/mol. The van der Waals surface area contributed by atoms with Crippen LogP contribution in [0.25, 0.3) is 0 Å². The van der Waals surface area contributed by atoms with Crippen LogP contribution in [0.3, 0.4) is 0 Å². The first kappa shape index (κ1) is 11.7. The van der Waals surface area contributed by atoms with Crippen LogP contribution in [-0.2, 0) is 13.8 Å². The van der Waals surface area contributed by atoms with Crippen LogP contribution < -0.4 is 0 Å². The minimum Gasteiger partial charge on any atom is -0.381 e. The van der Waals surface area contributed by atoms with Gasteiger partial charge in [-0.05, 0) is 37.5 Å². The zero-order valence-corrected chi connectivity index (χ0v) is 10.3. The Bertz CT molecular complexity index is 307. The largest absolute Gasteiger partial charge is 0.381 e. The molecule has 0 heterocycles. The fraction of sp³-hybridized carbons (Fsp3) is 1.00. The molecule has 5 heteroatoms. The molecule has 15 heavy (non-hydrogen) atoms. The maximum atomic E-state index is 11.0. The Morgan fingerprint density at radius 2 is 1.93 bits per heavy atom. The van der Waals surface area contributed by atoms with Crippen LogP contribution in [0.2, 0.25) is 0 Å². The van der Waals surface area contributed by atoms with Crippen molar-refractivity contribution >= 4 is 19.7 Å². The number of hydrogen-bond donors (Lipinski definition) is 0. The van der Waals surface area contributed by atoms with Crippen LogP contribution in [0.4, 0.5) is 0 Å². The summed E-state index contributed by atoms with van der Waals surface area (Å²) in [7, 11) is 1.90. The van der Waals surface area contributed by atoms with Gasteiger partial charge in [-0.25, -0.2) is 8.42 Å². The lowest BCUT2D eigenvalue weighted by Crippen LogP contribution is -2.20. The van der Waals surface area contributed by atoms with Crippen molar-refractivity contribution in [2.45, 2.75) is 25.7 Å². The lowest BCUT2D eigenvalue weighted by molar-refractivity contribution is 0.0909. The standard InChI is InChI=1S/C10H17ClO3S/c11-15(12,13)7-10(9-3-4-9)6-14-5-8-1-2-8/h8-10H,1-7H2. The van der Waals surface area contributed by atoms with Gasteiger partial charge in [-0.3, -0.25) is 0 Å². The average Bonchev–Trinajstić information content (AvgIpc) is 2.97. The van der Waals surface area contributed by atoms with Crippen molar-refractivity contribution in [3.8, 4) is 0 Å². The third kappa shape index (κ3) is 4.70. The molecule has 0 aromatic heterocycles. The topological polar surface area (TPSA) is 43.4 Å². The van der Waals surface area contributed by atoms with Crippen molar-refractivity contribution in [2.75, 3.05) is 19.0 Å². The third-order valence-corrected chi connectivity index (χ3v) is 4.29. The Morgan fingerprint density at radius 3 is 2.40 bits per heavy atom. The van der Waals surface area contributed by atoms with Gasteiger partial charge in [0, 0.05) is 23.2 Å². The summed E-state index contributed by atoms with van der Waals surface area (Å²) in [5.74, 6) is 1.45. The van der Waals surface area contributed by atoms with E-state index in [1.165, 1.54) is 12.8 Å². The van der Waals surface area contributed by atoms with E-state index in [9.17, 15) is 8.42 Å². The van der Waals surface area contributed by atoms with Crippen molar-refractivity contribution in [3.63, 3.8) is 0 Å². The summed E-state index contributed by atoms with van der Waals surface area (Å²) in [6.07, 6.45) is 4.79. The highest BCUT2D eigenvalue weighted by Gasteiger charge is 2.34. The van der Waals surface area contributed by atoms with E-state index in [0.717, 1.165) is 25.4 Å². The van der Waals surface area contributed by atoms with E-state index in [4.69, 9.17) is 15.4 Å². The van der Waals surface area contributed by atoms with Gasteiger partial charge in [0.1, 0.15) is 0 Å². The van der Waals surface area contributed by atoms with Crippen LogP contribution in [0.1, 0.15) is 25.7 Å². The van der Waals surface area contributed by atoms with Crippen molar-refractivity contribution in [1.29, 1.82) is 0 Å².